The average Bonchev–Trinajstić information content (AvgIpc) is 2.62. The number of phenols is 2. The van der Waals surface area contributed by atoms with Crippen LogP contribution in [0.2, 0.25) is 0 Å². The van der Waals surface area contributed by atoms with Gasteiger partial charge in [-0.15, -0.1) is 0 Å². The van der Waals surface area contributed by atoms with Gasteiger partial charge in [0.05, 0.1) is 25.3 Å². The first kappa shape index (κ1) is 18.3. The number of aliphatic imine (C=N–C) groups is 2. The number of hydrogen-bond acceptors (Lipinski definition) is 6. The van der Waals surface area contributed by atoms with E-state index in [9.17, 15) is 10.2 Å². The second-order valence-corrected chi connectivity index (χ2v) is 5.21. The Kier molecular flexibility index (Phi) is 6.83. The molecule has 0 fully saturated rings. The Balaban J connectivity index is 1.87. The van der Waals surface area contributed by atoms with Crippen LogP contribution in [0, 0.1) is 0 Å². The predicted octanol–water partition coefficient (Wildman–Crippen LogP) is 3.04. The van der Waals surface area contributed by atoms with Crippen LogP contribution in [-0.4, -0.2) is 50.0 Å². The molecule has 6 heteroatoms. The van der Waals surface area contributed by atoms with E-state index in [0.717, 1.165) is 6.42 Å². The van der Waals surface area contributed by atoms with Crippen molar-refractivity contribution in [2.75, 3.05) is 27.3 Å². The lowest BCUT2D eigenvalue weighted by Gasteiger charge is -2.06. The fourth-order valence-electron chi connectivity index (χ4n) is 2.25. The molecule has 0 aromatic heterocycles. The van der Waals surface area contributed by atoms with Gasteiger partial charge in [0.1, 0.15) is 23.0 Å². The van der Waals surface area contributed by atoms with E-state index >= 15 is 0 Å². The first-order chi connectivity index (χ1) is 12.2. The van der Waals surface area contributed by atoms with Gasteiger partial charge in [-0.1, -0.05) is 12.1 Å². The van der Waals surface area contributed by atoms with Gasteiger partial charge in [0.15, 0.2) is 0 Å². The van der Waals surface area contributed by atoms with E-state index in [2.05, 4.69) is 9.98 Å². The van der Waals surface area contributed by atoms with Gasteiger partial charge < -0.3 is 19.7 Å². The van der Waals surface area contributed by atoms with Crippen LogP contribution in [0.15, 0.2) is 46.4 Å². The molecule has 0 radical (unpaired) electrons. The quantitative estimate of drug-likeness (QED) is 0.570. The standard InChI is InChI=1S/C19H22N2O4/c1-24-18-8-3-6-16(22)14(18)12-20-10-5-11-21-13-15-17(23)7-4-9-19(15)25-2/h3-4,6-9,12-13,22-23H,5,10-11H2,1-2H3. The van der Waals surface area contributed by atoms with Crippen molar-refractivity contribution < 1.29 is 19.7 Å². The fourth-order valence-corrected chi connectivity index (χ4v) is 2.25. The van der Waals surface area contributed by atoms with Gasteiger partial charge >= 0.3 is 0 Å². The van der Waals surface area contributed by atoms with Gasteiger partial charge in [-0.05, 0) is 30.7 Å². The van der Waals surface area contributed by atoms with Gasteiger partial charge in [0.25, 0.3) is 0 Å². The van der Waals surface area contributed by atoms with Crippen molar-refractivity contribution in [3.8, 4) is 23.0 Å². The molecule has 2 N–H and O–H groups in total. The molecule has 0 spiro atoms. The van der Waals surface area contributed by atoms with E-state index in [1.54, 1.807) is 63.0 Å². The van der Waals surface area contributed by atoms with Crippen LogP contribution in [0.1, 0.15) is 17.5 Å². The minimum atomic E-state index is 0.132. The first-order valence-corrected chi connectivity index (χ1v) is 7.89. The topological polar surface area (TPSA) is 83.6 Å². The molecule has 0 aliphatic carbocycles. The number of aromatic hydroxyl groups is 2. The fraction of sp³-hybridized carbons (Fsp3) is 0.263. The number of nitrogens with zero attached hydrogens (tertiary/aromatic N) is 2. The molecule has 0 saturated carbocycles. The first-order valence-electron chi connectivity index (χ1n) is 7.89. The SMILES string of the molecule is COc1cccc(O)c1C=NCCCN=Cc1c(O)cccc1OC. The smallest absolute Gasteiger partial charge is 0.131 e. The maximum absolute atomic E-state index is 9.83. The summed E-state index contributed by atoms with van der Waals surface area (Å²) in [5, 5.41) is 19.7. The van der Waals surface area contributed by atoms with Crippen molar-refractivity contribution in [3.05, 3.63) is 47.5 Å². The Hall–Kier alpha value is -3.02. The van der Waals surface area contributed by atoms with E-state index in [1.165, 1.54) is 0 Å². The molecule has 2 aromatic carbocycles. The Morgan fingerprint density at radius 2 is 1.24 bits per heavy atom. The number of methoxy groups -OCH3 is 2. The maximum Gasteiger partial charge on any atom is 0.131 e. The number of rotatable bonds is 8. The highest BCUT2D eigenvalue weighted by molar-refractivity contribution is 5.87. The molecule has 0 saturated heterocycles. The van der Waals surface area contributed by atoms with Crippen molar-refractivity contribution in [3.63, 3.8) is 0 Å². The van der Waals surface area contributed by atoms with Crippen molar-refractivity contribution in [1.82, 2.24) is 0 Å². The largest absolute Gasteiger partial charge is 0.507 e. The molecule has 2 rings (SSSR count). The summed E-state index contributed by atoms with van der Waals surface area (Å²) in [5.41, 5.74) is 1.12. The highest BCUT2D eigenvalue weighted by Crippen LogP contribution is 2.26. The summed E-state index contributed by atoms with van der Waals surface area (Å²) in [4.78, 5) is 8.59. The van der Waals surface area contributed by atoms with Crippen LogP contribution >= 0.6 is 0 Å². The van der Waals surface area contributed by atoms with Crippen LogP contribution in [0.3, 0.4) is 0 Å². The predicted molar refractivity (Wildman–Crippen MR) is 98.9 cm³/mol. The monoisotopic (exact) mass is 342 g/mol. The highest BCUT2D eigenvalue weighted by Gasteiger charge is 2.05. The number of hydrogen-bond donors (Lipinski definition) is 2. The minimum absolute atomic E-state index is 0.132. The molecular weight excluding hydrogens is 320 g/mol. The molecule has 0 atom stereocenters. The van der Waals surface area contributed by atoms with Crippen molar-refractivity contribution >= 4 is 12.4 Å². The van der Waals surface area contributed by atoms with E-state index in [0.29, 0.717) is 35.7 Å². The summed E-state index contributed by atoms with van der Waals surface area (Å²) in [6, 6.07) is 10.2. The molecule has 25 heavy (non-hydrogen) atoms. The highest BCUT2D eigenvalue weighted by atomic mass is 16.5. The van der Waals surface area contributed by atoms with Crippen LogP contribution in [0.4, 0.5) is 0 Å². The second kappa shape index (κ2) is 9.32. The third-order valence-corrected chi connectivity index (χ3v) is 3.54. The zero-order valence-electron chi connectivity index (χ0n) is 14.3. The molecule has 132 valence electrons. The van der Waals surface area contributed by atoms with E-state index < -0.39 is 0 Å². The number of ether oxygens (including phenoxy) is 2. The van der Waals surface area contributed by atoms with Gasteiger partial charge in [0.2, 0.25) is 0 Å². The molecule has 0 unspecified atom stereocenters. The second-order valence-electron chi connectivity index (χ2n) is 5.21. The molecule has 2 aromatic rings. The summed E-state index contributed by atoms with van der Waals surface area (Å²) < 4.78 is 10.4. The van der Waals surface area contributed by atoms with Gasteiger partial charge in [-0.2, -0.15) is 0 Å². The van der Waals surface area contributed by atoms with Crippen molar-refractivity contribution in [1.29, 1.82) is 0 Å². The normalized spacial score (nSPS) is 11.3. The summed E-state index contributed by atoms with van der Waals surface area (Å²) in [6.07, 6.45) is 3.94. The zero-order valence-corrected chi connectivity index (χ0v) is 14.3. The molecule has 0 bridgehead atoms. The third-order valence-electron chi connectivity index (χ3n) is 3.54. The summed E-state index contributed by atoms with van der Waals surface area (Å²) in [7, 11) is 3.10. The third kappa shape index (κ3) is 4.97. The molecule has 0 heterocycles. The molecule has 0 aliphatic rings. The van der Waals surface area contributed by atoms with Crippen molar-refractivity contribution in [2.24, 2.45) is 9.98 Å². The maximum atomic E-state index is 9.83. The van der Waals surface area contributed by atoms with Crippen LogP contribution in [0.5, 0.6) is 23.0 Å². The van der Waals surface area contributed by atoms with E-state index in [-0.39, 0.29) is 11.5 Å². The summed E-state index contributed by atoms with van der Waals surface area (Å²) >= 11 is 0. The van der Waals surface area contributed by atoms with E-state index in [4.69, 9.17) is 9.47 Å². The lowest BCUT2D eigenvalue weighted by atomic mass is 10.2. The van der Waals surface area contributed by atoms with Gasteiger partial charge in [-0.3, -0.25) is 9.98 Å². The Morgan fingerprint density at radius 3 is 1.64 bits per heavy atom. The Bertz CT molecular complexity index is 694. The lowest BCUT2D eigenvalue weighted by Crippen LogP contribution is -1.94. The van der Waals surface area contributed by atoms with Crippen molar-refractivity contribution in [2.45, 2.75) is 6.42 Å². The van der Waals surface area contributed by atoms with Crippen LogP contribution < -0.4 is 9.47 Å². The molecule has 0 amide bonds. The summed E-state index contributed by atoms with van der Waals surface area (Å²) in [5.74, 6) is 1.42. The lowest BCUT2D eigenvalue weighted by molar-refractivity contribution is 0.406. The summed E-state index contributed by atoms with van der Waals surface area (Å²) in [6.45, 7) is 1.12. The van der Waals surface area contributed by atoms with Gasteiger partial charge in [0, 0.05) is 25.5 Å². The van der Waals surface area contributed by atoms with Crippen LogP contribution in [0.25, 0.3) is 0 Å². The Morgan fingerprint density at radius 1 is 0.800 bits per heavy atom. The zero-order chi connectivity index (χ0) is 18.1. The minimum Gasteiger partial charge on any atom is -0.507 e. The molecule has 6 nitrogen and oxygen atoms in total. The van der Waals surface area contributed by atoms with E-state index in [1.807, 2.05) is 0 Å². The molecule has 0 aliphatic heterocycles. The molecular formula is C19H22N2O4. The Labute approximate surface area is 147 Å². The van der Waals surface area contributed by atoms with Crippen LogP contribution in [-0.2, 0) is 0 Å². The average molecular weight is 342 g/mol. The van der Waals surface area contributed by atoms with Gasteiger partial charge in [-0.25, -0.2) is 0 Å². The number of benzene rings is 2. The number of phenolic OH excluding ortho intramolecular Hbond substituents is 2.